The van der Waals surface area contributed by atoms with Gasteiger partial charge in [-0.3, -0.25) is 4.79 Å². The molecule has 0 spiro atoms. The second-order valence-corrected chi connectivity index (χ2v) is 8.33. The second-order valence-electron chi connectivity index (χ2n) is 7.28. The fourth-order valence-corrected chi connectivity index (χ4v) is 4.62. The van der Waals surface area contributed by atoms with E-state index in [4.69, 9.17) is 4.74 Å². The smallest absolute Gasteiger partial charge is 0.262 e. The van der Waals surface area contributed by atoms with Crippen molar-refractivity contribution >= 4 is 27.3 Å². The molecule has 6 nitrogen and oxygen atoms in total. The highest BCUT2D eigenvalue weighted by atomic mass is 32.1. The third-order valence-corrected chi connectivity index (χ3v) is 6.29. The maximum Gasteiger partial charge on any atom is 0.262 e. The number of amides is 1. The zero-order valence-corrected chi connectivity index (χ0v) is 18.3. The third-order valence-electron chi connectivity index (χ3n) is 5.10. The standard InChI is InChI=1S/C25H19FN4O2S/c26-20-8-4-9-21-23(20)19(16-32-18-6-2-1-3-7-18)24(33-21)25(31)28-15-17-10-11-22(27-14-17)30-13-5-12-29-30/h1-14H,15-16H2,(H,28,31). The number of rotatable bonds is 7. The van der Waals surface area contributed by atoms with Crippen LogP contribution < -0.4 is 10.1 Å². The normalized spacial score (nSPS) is 10.9. The van der Waals surface area contributed by atoms with E-state index in [1.54, 1.807) is 23.1 Å². The Hall–Kier alpha value is -4.04. The van der Waals surface area contributed by atoms with Gasteiger partial charge in [0.15, 0.2) is 5.82 Å². The van der Waals surface area contributed by atoms with Crippen LogP contribution in [-0.4, -0.2) is 20.7 Å². The molecule has 1 N–H and O–H groups in total. The molecule has 0 unspecified atom stereocenters. The third kappa shape index (κ3) is 4.47. The number of thiophene rings is 1. The van der Waals surface area contributed by atoms with Gasteiger partial charge in [-0.15, -0.1) is 11.3 Å². The number of aromatic nitrogens is 3. The zero-order valence-electron chi connectivity index (χ0n) is 17.4. The van der Waals surface area contributed by atoms with E-state index in [2.05, 4.69) is 15.4 Å². The summed E-state index contributed by atoms with van der Waals surface area (Å²) in [6, 6.07) is 19.7. The highest BCUT2D eigenvalue weighted by Gasteiger charge is 2.21. The van der Waals surface area contributed by atoms with Gasteiger partial charge in [-0.1, -0.05) is 30.3 Å². The summed E-state index contributed by atoms with van der Waals surface area (Å²) in [7, 11) is 0. The number of carbonyl (C=O) groups excluding carboxylic acids is 1. The quantitative estimate of drug-likeness (QED) is 0.367. The Morgan fingerprint density at radius 2 is 1.94 bits per heavy atom. The lowest BCUT2D eigenvalue weighted by atomic mass is 10.1. The summed E-state index contributed by atoms with van der Waals surface area (Å²) in [4.78, 5) is 17.9. The van der Waals surface area contributed by atoms with Crippen molar-refractivity contribution in [2.75, 3.05) is 0 Å². The molecule has 0 saturated heterocycles. The van der Waals surface area contributed by atoms with E-state index in [1.165, 1.54) is 17.4 Å². The van der Waals surface area contributed by atoms with E-state index < -0.39 is 0 Å². The van der Waals surface area contributed by atoms with E-state index in [0.717, 1.165) is 5.56 Å². The molecule has 0 aliphatic heterocycles. The van der Waals surface area contributed by atoms with Crippen molar-refractivity contribution in [2.45, 2.75) is 13.2 Å². The summed E-state index contributed by atoms with van der Waals surface area (Å²) in [6.45, 7) is 0.384. The lowest BCUT2D eigenvalue weighted by Gasteiger charge is -2.09. The Kier molecular flexibility index (Phi) is 5.82. The van der Waals surface area contributed by atoms with Crippen LogP contribution in [0.2, 0.25) is 0 Å². The average molecular weight is 459 g/mol. The zero-order chi connectivity index (χ0) is 22.6. The number of pyridine rings is 1. The van der Waals surface area contributed by atoms with Crippen LogP contribution in [0.15, 0.2) is 85.3 Å². The number of ether oxygens (including phenoxy) is 1. The highest BCUT2D eigenvalue weighted by Crippen LogP contribution is 2.34. The molecule has 2 aromatic carbocycles. The molecule has 0 aliphatic rings. The van der Waals surface area contributed by atoms with Crippen LogP contribution in [0.4, 0.5) is 4.39 Å². The molecule has 3 heterocycles. The molecule has 0 radical (unpaired) electrons. The number of hydrogen-bond donors (Lipinski definition) is 1. The summed E-state index contributed by atoms with van der Waals surface area (Å²) in [6.07, 6.45) is 5.19. The van der Waals surface area contributed by atoms with Gasteiger partial charge in [-0.25, -0.2) is 14.1 Å². The van der Waals surface area contributed by atoms with Crippen molar-refractivity contribution in [3.05, 3.63) is 107 Å². The van der Waals surface area contributed by atoms with Crippen LogP contribution in [0.1, 0.15) is 20.8 Å². The Labute approximate surface area is 193 Å². The van der Waals surface area contributed by atoms with E-state index in [9.17, 15) is 9.18 Å². The lowest BCUT2D eigenvalue weighted by Crippen LogP contribution is -2.23. The molecule has 0 aliphatic carbocycles. The first-order valence-electron chi connectivity index (χ1n) is 10.3. The monoisotopic (exact) mass is 458 g/mol. The minimum Gasteiger partial charge on any atom is -0.489 e. The van der Waals surface area contributed by atoms with Gasteiger partial charge in [0.1, 0.15) is 18.2 Å². The maximum atomic E-state index is 14.7. The number of halogens is 1. The van der Waals surface area contributed by atoms with Crippen LogP contribution in [0, 0.1) is 5.82 Å². The molecular weight excluding hydrogens is 439 g/mol. The van der Waals surface area contributed by atoms with Gasteiger partial charge in [0.2, 0.25) is 0 Å². The van der Waals surface area contributed by atoms with E-state index in [1.807, 2.05) is 60.8 Å². The SMILES string of the molecule is O=C(NCc1ccc(-n2cccn2)nc1)c1sc2cccc(F)c2c1COc1ccccc1. The molecule has 3 aromatic heterocycles. The maximum absolute atomic E-state index is 14.7. The largest absolute Gasteiger partial charge is 0.489 e. The first-order chi connectivity index (χ1) is 16.2. The van der Waals surface area contributed by atoms with Crippen LogP contribution in [0.5, 0.6) is 5.75 Å². The molecule has 0 saturated carbocycles. The molecule has 1 amide bonds. The average Bonchev–Trinajstić information content (AvgIpc) is 3.51. The van der Waals surface area contributed by atoms with Gasteiger partial charge < -0.3 is 10.1 Å². The fourth-order valence-electron chi connectivity index (χ4n) is 3.48. The summed E-state index contributed by atoms with van der Waals surface area (Å²) in [5.41, 5.74) is 1.38. The van der Waals surface area contributed by atoms with Crippen molar-refractivity contribution in [3.8, 4) is 11.6 Å². The molecular formula is C25H19FN4O2S. The first kappa shape index (κ1) is 20.8. The molecule has 0 atom stereocenters. The Balaban J connectivity index is 1.35. The number of para-hydroxylation sites is 1. The minimum absolute atomic E-state index is 0.0911. The Bertz CT molecular complexity index is 1380. The van der Waals surface area contributed by atoms with Crippen molar-refractivity contribution in [1.82, 2.24) is 20.1 Å². The molecule has 0 bridgehead atoms. The topological polar surface area (TPSA) is 69.0 Å². The molecule has 0 fully saturated rings. The van der Waals surface area contributed by atoms with Crippen molar-refractivity contribution in [2.24, 2.45) is 0 Å². The van der Waals surface area contributed by atoms with Crippen molar-refractivity contribution in [3.63, 3.8) is 0 Å². The number of benzene rings is 2. The van der Waals surface area contributed by atoms with Gasteiger partial charge in [-0.2, -0.15) is 5.10 Å². The van der Waals surface area contributed by atoms with E-state index in [-0.39, 0.29) is 18.3 Å². The van der Waals surface area contributed by atoms with E-state index >= 15 is 0 Å². The number of hydrogen-bond acceptors (Lipinski definition) is 5. The minimum atomic E-state index is -0.368. The van der Waals surface area contributed by atoms with E-state index in [0.29, 0.717) is 38.6 Å². The molecule has 8 heteroatoms. The van der Waals surface area contributed by atoms with Gasteiger partial charge in [0, 0.05) is 40.8 Å². The number of fused-ring (bicyclic) bond motifs is 1. The van der Waals surface area contributed by atoms with Crippen LogP contribution >= 0.6 is 11.3 Å². The van der Waals surface area contributed by atoms with Gasteiger partial charge in [-0.05, 0) is 42.0 Å². The predicted octanol–water partition coefficient (Wildman–Crippen LogP) is 5.13. The summed E-state index contributed by atoms with van der Waals surface area (Å²) in [5.74, 6) is 0.699. The van der Waals surface area contributed by atoms with Crippen LogP contribution in [-0.2, 0) is 13.2 Å². The van der Waals surface area contributed by atoms with Gasteiger partial charge in [0.05, 0.1) is 4.88 Å². The highest BCUT2D eigenvalue weighted by molar-refractivity contribution is 7.21. The number of carbonyl (C=O) groups is 1. The molecule has 5 aromatic rings. The Morgan fingerprint density at radius 1 is 1.06 bits per heavy atom. The fraction of sp³-hybridized carbons (Fsp3) is 0.0800. The van der Waals surface area contributed by atoms with Crippen LogP contribution in [0.25, 0.3) is 15.9 Å². The summed E-state index contributed by atoms with van der Waals surface area (Å²) < 4.78 is 22.9. The predicted molar refractivity (Wildman–Crippen MR) is 125 cm³/mol. The Morgan fingerprint density at radius 3 is 2.70 bits per heavy atom. The van der Waals surface area contributed by atoms with Gasteiger partial charge in [0.25, 0.3) is 5.91 Å². The summed E-state index contributed by atoms with van der Waals surface area (Å²) in [5, 5.41) is 7.49. The number of nitrogens with zero attached hydrogens (tertiary/aromatic N) is 3. The molecule has 164 valence electrons. The lowest BCUT2D eigenvalue weighted by molar-refractivity contribution is 0.0953. The van der Waals surface area contributed by atoms with Crippen molar-refractivity contribution in [1.29, 1.82) is 0 Å². The van der Waals surface area contributed by atoms with Crippen molar-refractivity contribution < 1.29 is 13.9 Å². The second kappa shape index (κ2) is 9.22. The first-order valence-corrected chi connectivity index (χ1v) is 11.1. The van der Waals surface area contributed by atoms with Gasteiger partial charge >= 0.3 is 0 Å². The molecule has 33 heavy (non-hydrogen) atoms. The molecule has 5 rings (SSSR count). The van der Waals surface area contributed by atoms with Crippen LogP contribution in [0.3, 0.4) is 0 Å². The summed E-state index contributed by atoms with van der Waals surface area (Å²) >= 11 is 1.26. The number of nitrogens with one attached hydrogen (secondary N) is 1.